The molecule has 1 amide bonds. The van der Waals surface area contributed by atoms with E-state index in [9.17, 15) is 4.79 Å². The monoisotopic (exact) mass is 440 g/mol. The molecule has 5 rings (SSSR count). The van der Waals surface area contributed by atoms with Crippen LogP contribution in [0.3, 0.4) is 0 Å². The van der Waals surface area contributed by atoms with Crippen LogP contribution >= 0.6 is 11.3 Å². The van der Waals surface area contributed by atoms with Gasteiger partial charge >= 0.3 is 0 Å². The topological polar surface area (TPSA) is 58.1 Å². The number of amides is 1. The Hall–Kier alpha value is -3.51. The zero-order valence-electron chi connectivity index (χ0n) is 17.7. The summed E-state index contributed by atoms with van der Waals surface area (Å²) < 4.78 is 0. The van der Waals surface area contributed by atoms with Crippen LogP contribution in [0.15, 0.2) is 79.0 Å². The van der Waals surface area contributed by atoms with Gasteiger partial charge < -0.3 is 10.2 Å². The van der Waals surface area contributed by atoms with E-state index in [1.165, 1.54) is 24.2 Å². The van der Waals surface area contributed by atoms with E-state index >= 15 is 0 Å². The maximum Gasteiger partial charge on any atom is 0.263 e. The Morgan fingerprint density at radius 3 is 2.34 bits per heavy atom. The molecule has 2 aromatic heterocycles. The number of carbonyl (C=O) groups is 1. The van der Waals surface area contributed by atoms with Crippen molar-refractivity contribution in [1.82, 2.24) is 15.3 Å². The van der Waals surface area contributed by atoms with Crippen LogP contribution in [0, 0.1) is 0 Å². The smallest absolute Gasteiger partial charge is 0.263 e. The van der Waals surface area contributed by atoms with Crippen LogP contribution in [-0.2, 0) is 6.54 Å². The Balaban J connectivity index is 1.39. The molecule has 2 aromatic carbocycles. The fourth-order valence-corrected chi connectivity index (χ4v) is 4.93. The fourth-order valence-electron chi connectivity index (χ4n) is 3.92. The maximum atomic E-state index is 13.2. The number of thiazole rings is 1. The first-order valence-electron chi connectivity index (χ1n) is 10.9. The number of benzene rings is 2. The summed E-state index contributed by atoms with van der Waals surface area (Å²) in [7, 11) is 0. The third kappa shape index (κ3) is 4.41. The highest BCUT2D eigenvalue weighted by Gasteiger charge is 2.20. The van der Waals surface area contributed by atoms with Crippen molar-refractivity contribution in [2.75, 3.05) is 18.0 Å². The molecule has 0 saturated carbocycles. The molecule has 32 heavy (non-hydrogen) atoms. The van der Waals surface area contributed by atoms with E-state index in [1.54, 1.807) is 0 Å². The Kier molecular flexibility index (Phi) is 5.94. The van der Waals surface area contributed by atoms with Crippen LogP contribution in [0.2, 0.25) is 0 Å². The molecule has 1 saturated heterocycles. The van der Waals surface area contributed by atoms with E-state index < -0.39 is 0 Å². The number of hydrogen-bond acceptors (Lipinski definition) is 5. The number of nitrogens with zero attached hydrogens (tertiary/aromatic N) is 3. The van der Waals surface area contributed by atoms with Crippen molar-refractivity contribution in [3.8, 4) is 21.8 Å². The highest BCUT2D eigenvalue weighted by Crippen LogP contribution is 2.33. The highest BCUT2D eigenvalue weighted by atomic mass is 32.1. The van der Waals surface area contributed by atoms with Gasteiger partial charge in [-0.1, -0.05) is 60.7 Å². The number of aromatic nitrogens is 2. The molecule has 1 aliphatic rings. The molecule has 0 spiro atoms. The van der Waals surface area contributed by atoms with Gasteiger partial charge in [0.1, 0.15) is 15.7 Å². The highest BCUT2D eigenvalue weighted by molar-refractivity contribution is 7.17. The molecular formula is C26H24N4OS. The number of rotatable bonds is 6. The van der Waals surface area contributed by atoms with E-state index in [2.05, 4.69) is 21.3 Å². The molecule has 0 bridgehead atoms. The third-order valence-electron chi connectivity index (χ3n) is 5.59. The minimum Gasteiger partial charge on any atom is -0.357 e. The van der Waals surface area contributed by atoms with Gasteiger partial charge in [-0.2, -0.15) is 0 Å². The van der Waals surface area contributed by atoms with Crippen molar-refractivity contribution >= 4 is 23.1 Å². The van der Waals surface area contributed by atoms with E-state index in [0.717, 1.165) is 46.3 Å². The summed E-state index contributed by atoms with van der Waals surface area (Å²) in [6.45, 7) is 2.55. The predicted molar refractivity (Wildman–Crippen MR) is 130 cm³/mol. The SMILES string of the molecule is O=C(NCc1ccnc(N2CCCC2)c1)c1sc(-c2ccccc2)nc1-c1ccccc1. The van der Waals surface area contributed by atoms with Crippen LogP contribution < -0.4 is 10.2 Å². The van der Waals surface area contributed by atoms with Crippen molar-refractivity contribution in [2.24, 2.45) is 0 Å². The van der Waals surface area contributed by atoms with Crippen LogP contribution in [0.4, 0.5) is 5.82 Å². The summed E-state index contributed by atoms with van der Waals surface area (Å²) >= 11 is 1.43. The quantitative estimate of drug-likeness (QED) is 0.436. The number of pyridine rings is 1. The first kappa shape index (κ1) is 20.4. The molecule has 1 N–H and O–H groups in total. The van der Waals surface area contributed by atoms with Crippen molar-refractivity contribution in [2.45, 2.75) is 19.4 Å². The second-order valence-electron chi connectivity index (χ2n) is 7.83. The molecule has 5 nitrogen and oxygen atoms in total. The largest absolute Gasteiger partial charge is 0.357 e. The predicted octanol–water partition coefficient (Wildman–Crippen LogP) is 5.40. The van der Waals surface area contributed by atoms with E-state index in [0.29, 0.717) is 11.4 Å². The van der Waals surface area contributed by atoms with Crippen molar-refractivity contribution in [3.05, 3.63) is 89.4 Å². The van der Waals surface area contributed by atoms with Crippen molar-refractivity contribution < 1.29 is 4.79 Å². The number of anilines is 1. The molecular weight excluding hydrogens is 416 g/mol. The summed E-state index contributed by atoms with van der Waals surface area (Å²) in [6, 6.07) is 23.9. The normalized spacial score (nSPS) is 13.3. The molecule has 0 atom stereocenters. The summed E-state index contributed by atoms with van der Waals surface area (Å²) in [6.07, 6.45) is 4.24. The summed E-state index contributed by atoms with van der Waals surface area (Å²) in [5, 5.41) is 3.94. The molecule has 0 aliphatic carbocycles. The van der Waals surface area contributed by atoms with Crippen LogP contribution in [0.25, 0.3) is 21.8 Å². The van der Waals surface area contributed by atoms with E-state index in [-0.39, 0.29) is 5.91 Å². The number of carbonyl (C=O) groups excluding carboxylic acids is 1. The Morgan fingerprint density at radius 2 is 1.62 bits per heavy atom. The lowest BCUT2D eigenvalue weighted by Crippen LogP contribution is -2.23. The lowest BCUT2D eigenvalue weighted by molar-refractivity contribution is 0.0955. The van der Waals surface area contributed by atoms with Gasteiger partial charge in [-0.15, -0.1) is 11.3 Å². The number of hydrogen-bond donors (Lipinski definition) is 1. The maximum absolute atomic E-state index is 13.2. The van der Waals surface area contributed by atoms with Gasteiger partial charge in [0, 0.05) is 37.0 Å². The van der Waals surface area contributed by atoms with Gasteiger partial charge in [-0.3, -0.25) is 4.79 Å². The minimum absolute atomic E-state index is 0.108. The number of nitrogens with one attached hydrogen (secondary N) is 1. The van der Waals surface area contributed by atoms with Gasteiger partial charge in [-0.05, 0) is 30.5 Å². The van der Waals surface area contributed by atoms with Gasteiger partial charge in [0.05, 0.1) is 5.69 Å². The van der Waals surface area contributed by atoms with Crippen LogP contribution in [0.1, 0.15) is 28.1 Å². The molecule has 3 heterocycles. The average Bonchev–Trinajstić information content (AvgIpc) is 3.55. The first-order chi connectivity index (χ1) is 15.8. The zero-order chi connectivity index (χ0) is 21.8. The summed E-state index contributed by atoms with van der Waals surface area (Å²) in [5.41, 5.74) is 3.72. The fraction of sp³-hybridized carbons (Fsp3) is 0.192. The molecule has 160 valence electrons. The molecule has 0 unspecified atom stereocenters. The average molecular weight is 441 g/mol. The summed E-state index contributed by atoms with van der Waals surface area (Å²) in [4.78, 5) is 25.5. The lowest BCUT2D eigenvalue weighted by atomic mass is 10.1. The van der Waals surface area contributed by atoms with Crippen LogP contribution in [0.5, 0.6) is 0 Å². The first-order valence-corrected chi connectivity index (χ1v) is 11.7. The van der Waals surface area contributed by atoms with Gasteiger partial charge in [0.25, 0.3) is 5.91 Å². The third-order valence-corrected chi connectivity index (χ3v) is 6.70. The summed E-state index contributed by atoms with van der Waals surface area (Å²) in [5.74, 6) is 0.881. The van der Waals surface area contributed by atoms with Gasteiger partial charge in [0.15, 0.2) is 0 Å². The standard InChI is InChI=1S/C26H24N4OS/c31-25(28-18-19-13-14-27-22(17-19)30-15-7-8-16-30)24-23(20-9-3-1-4-10-20)29-26(32-24)21-11-5-2-6-12-21/h1-6,9-14,17H,7-8,15-16,18H2,(H,28,31). The Labute approximate surface area is 191 Å². The van der Waals surface area contributed by atoms with Crippen LogP contribution in [-0.4, -0.2) is 29.0 Å². The van der Waals surface area contributed by atoms with Gasteiger partial charge in [-0.25, -0.2) is 9.97 Å². The van der Waals surface area contributed by atoms with Crippen molar-refractivity contribution in [3.63, 3.8) is 0 Å². The molecule has 4 aromatic rings. The zero-order valence-corrected chi connectivity index (χ0v) is 18.5. The molecule has 1 aliphatic heterocycles. The molecule has 6 heteroatoms. The van der Waals surface area contributed by atoms with Crippen molar-refractivity contribution in [1.29, 1.82) is 0 Å². The van der Waals surface area contributed by atoms with E-state index in [1.807, 2.05) is 72.9 Å². The molecule has 0 radical (unpaired) electrons. The Bertz CT molecular complexity index is 1200. The molecule has 1 fully saturated rings. The van der Waals surface area contributed by atoms with E-state index in [4.69, 9.17) is 4.98 Å². The second-order valence-corrected chi connectivity index (χ2v) is 8.83. The lowest BCUT2D eigenvalue weighted by Gasteiger charge is -2.17. The Morgan fingerprint density at radius 1 is 0.938 bits per heavy atom. The second kappa shape index (κ2) is 9.32. The minimum atomic E-state index is -0.108. The van der Waals surface area contributed by atoms with Gasteiger partial charge in [0.2, 0.25) is 0 Å².